The van der Waals surface area contributed by atoms with Crippen LogP contribution in [0.2, 0.25) is 0 Å². The monoisotopic (exact) mass is 320 g/mol. The number of nitrogens with one attached hydrogen (secondary N) is 1. The van der Waals surface area contributed by atoms with E-state index in [1.54, 1.807) is 43.6 Å². The molecule has 0 bridgehead atoms. The molecule has 0 aliphatic carbocycles. The van der Waals surface area contributed by atoms with Crippen LogP contribution in [0.15, 0.2) is 41.6 Å². The van der Waals surface area contributed by atoms with E-state index in [2.05, 4.69) is 9.71 Å². The van der Waals surface area contributed by atoms with Gasteiger partial charge >= 0.3 is 0 Å². The maximum absolute atomic E-state index is 12.5. The van der Waals surface area contributed by atoms with Crippen LogP contribution < -0.4 is 9.46 Å². The van der Waals surface area contributed by atoms with Crippen LogP contribution in [-0.2, 0) is 16.6 Å². The summed E-state index contributed by atoms with van der Waals surface area (Å²) in [4.78, 5) is 4.19. The van der Waals surface area contributed by atoms with Crippen LogP contribution in [-0.4, -0.2) is 20.0 Å². The van der Waals surface area contributed by atoms with E-state index in [1.165, 1.54) is 0 Å². The topological polar surface area (TPSA) is 68.3 Å². The van der Waals surface area contributed by atoms with Crippen LogP contribution in [0.1, 0.15) is 23.6 Å². The fraction of sp³-hybridized carbons (Fsp3) is 0.312. The van der Waals surface area contributed by atoms with Gasteiger partial charge in [0, 0.05) is 18.9 Å². The average molecular weight is 320 g/mol. The van der Waals surface area contributed by atoms with E-state index >= 15 is 0 Å². The van der Waals surface area contributed by atoms with Gasteiger partial charge in [-0.2, -0.15) is 0 Å². The standard InChI is InChI=1S/C16H20N2O3S/c1-4-21-15-9-13(3)16(10-12(15)2)22(19,20)18-11-14-5-7-17-8-6-14/h5-10,18H,4,11H2,1-3H3. The van der Waals surface area contributed by atoms with E-state index in [9.17, 15) is 8.42 Å². The van der Waals surface area contributed by atoms with E-state index < -0.39 is 10.0 Å². The maximum Gasteiger partial charge on any atom is 0.241 e. The highest BCUT2D eigenvalue weighted by molar-refractivity contribution is 7.89. The highest BCUT2D eigenvalue weighted by Crippen LogP contribution is 2.25. The quantitative estimate of drug-likeness (QED) is 0.888. The molecule has 0 aliphatic heterocycles. The summed E-state index contributed by atoms with van der Waals surface area (Å²) in [5.41, 5.74) is 2.33. The van der Waals surface area contributed by atoms with Crippen molar-refractivity contribution >= 4 is 10.0 Å². The van der Waals surface area contributed by atoms with Crippen molar-refractivity contribution in [3.8, 4) is 5.75 Å². The Labute approximate surface area is 131 Å². The Morgan fingerprint density at radius 3 is 2.45 bits per heavy atom. The molecule has 22 heavy (non-hydrogen) atoms. The first-order valence-corrected chi connectivity index (χ1v) is 8.55. The first-order valence-electron chi connectivity index (χ1n) is 7.06. The largest absolute Gasteiger partial charge is 0.494 e. The number of rotatable bonds is 6. The summed E-state index contributed by atoms with van der Waals surface area (Å²) >= 11 is 0. The number of sulfonamides is 1. The minimum atomic E-state index is -3.57. The van der Waals surface area contributed by atoms with Gasteiger partial charge in [0.15, 0.2) is 0 Å². The number of aromatic nitrogens is 1. The van der Waals surface area contributed by atoms with Crippen LogP contribution in [0.3, 0.4) is 0 Å². The number of ether oxygens (including phenoxy) is 1. The van der Waals surface area contributed by atoms with E-state index in [-0.39, 0.29) is 11.4 Å². The Kier molecular flexibility index (Phi) is 5.15. The number of nitrogens with zero attached hydrogens (tertiary/aromatic N) is 1. The zero-order chi connectivity index (χ0) is 16.2. The van der Waals surface area contributed by atoms with Gasteiger partial charge in [-0.25, -0.2) is 13.1 Å². The molecular weight excluding hydrogens is 300 g/mol. The molecule has 2 rings (SSSR count). The summed E-state index contributed by atoms with van der Waals surface area (Å²) in [6, 6.07) is 6.96. The summed E-state index contributed by atoms with van der Waals surface area (Å²) in [5, 5.41) is 0. The third-order valence-corrected chi connectivity index (χ3v) is 4.82. The molecule has 2 aromatic rings. The highest BCUT2D eigenvalue weighted by atomic mass is 32.2. The molecule has 118 valence electrons. The minimum absolute atomic E-state index is 0.233. The molecule has 0 unspecified atom stereocenters. The molecular formula is C16H20N2O3S. The predicted octanol–water partition coefficient (Wildman–Crippen LogP) is 2.58. The van der Waals surface area contributed by atoms with E-state index in [1.807, 2.05) is 13.8 Å². The van der Waals surface area contributed by atoms with Crippen molar-refractivity contribution in [1.29, 1.82) is 0 Å². The van der Waals surface area contributed by atoms with Gasteiger partial charge in [-0.3, -0.25) is 4.98 Å². The van der Waals surface area contributed by atoms with Crippen LogP contribution in [0.25, 0.3) is 0 Å². The van der Waals surface area contributed by atoms with Crippen LogP contribution in [0.5, 0.6) is 5.75 Å². The van der Waals surface area contributed by atoms with Crippen LogP contribution in [0, 0.1) is 13.8 Å². The van der Waals surface area contributed by atoms with Gasteiger partial charge in [0.05, 0.1) is 11.5 Å². The number of hydrogen-bond acceptors (Lipinski definition) is 4. The molecule has 5 nitrogen and oxygen atoms in total. The molecule has 0 amide bonds. The zero-order valence-electron chi connectivity index (χ0n) is 13.0. The van der Waals surface area contributed by atoms with Gasteiger partial charge in [-0.1, -0.05) is 0 Å². The van der Waals surface area contributed by atoms with Gasteiger partial charge in [0.2, 0.25) is 10.0 Å². The lowest BCUT2D eigenvalue weighted by atomic mass is 10.1. The number of benzene rings is 1. The van der Waals surface area contributed by atoms with Crippen molar-refractivity contribution in [2.24, 2.45) is 0 Å². The van der Waals surface area contributed by atoms with Crippen molar-refractivity contribution in [2.45, 2.75) is 32.2 Å². The van der Waals surface area contributed by atoms with Gasteiger partial charge < -0.3 is 4.74 Å². The Morgan fingerprint density at radius 1 is 1.14 bits per heavy atom. The first kappa shape index (κ1) is 16.5. The summed E-state index contributed by atoms with van der Waals surface area (Å²) < 4.78 is 33.1. The van der Waals surface area contributed by atoms with E-state index in [4.69, 9.17) is 4.74 Å². The zero-order valence-corrected chi connectivity index (χ0v) is 13.8. The predicted molar refractivity (Wildman–Crippen MR) is 85.3 cm³/mol. The second kappa shape index (κ2) is 6.89. The molecule has 1 heterocycles. The normalized spacial score (nSPS) is 11.4. The Morgan fingerprint density at radius 2 is 1.82 bits per heavy atom. The van der Waals surface area contributed by atoms with Gasteiger partial charge in [0.1, 0.15) is 5.75 Å². The Balaban J connectivity index is 2.24. The van der Waals surface area contributed by atoms with Crippen LogP contribution >= 0.6 is 0 Å². The van der Waals surface area contributed by atoms with E-state index in [0.717, 1.165) is 11.1 Å². The Hall–Kier alpha value is -1.92. The fourth-order valence-electron chi connectivity index (χ4n) is 2.12. The van der Waals surface area contributed by atoms with E-state index in [0.29, 0.717) is 17.9 Å². The smallest absolute Gasteiger partial charge is 0.241 e. The molecule has 1 aromatic heterocycles. The molecule has 0 aliphatic rings. The Bertz CT molecular complexity index is 743. The molecule has 1 aromatic carbocycles. The van der Waals surface area contributed by atoms with Crippen molar-refractivity contribution in [1.82, 2.24) is 9.71 Å². The highest BCUT2D eigenvalue weighted by Gasteiger charge is 2.18. The summed E-state index contributed by atoms with van der Waals surface area (Å²) in [6.07, 6.45) is 3.27. The van der Waals surface area contributed by atoms with Gasteiger partial charge in [0.25, 0.3) is 0 Å². The second-order valence-electron chi connectivity index (χ2n) is 5.00. The van der Waals surface area contributed by atoms with Crippen molar-refractivity contribution in [2.75, 3.05) is 6.61 Å². The summed E-state index contributed by atoms with van der Waals surface area (Å²) in [7, 11) is -3.57. The molecule has 0 saturated heterocycles. The lowest BCUT2D eigenvalue weighted by molar-refractivity contribution is 0.337. The third kappa shape index (κ3) is 3.84. The van der Waals surface area contributed by atoms with Gasteiger partial charge in [-0.05, 0) is 61.7 Å². The minimum Gasteiger partial charge on any atom is -0.494 e. The summed E-state index contributed by atoms with van der Waals surface area (Å²) in [5.74, 6) is 0.716. The first-order chi connectivity index (χ1) is 10.4. The molecule has 0 atom stereocenters. The molecule has 1 N–H and O–H groups in total. The number of hydrogen-bond donors (Lipinski definition) is 1. The maximum atomic E-state index is 12.5. The number of aryl methyl sites for hydroxylation is 2. The lowest BCUT2D eigenvalue weighted by Gasteiger charge is -2.13. The molecule has 0 radical (unpaired) electrons. The third-order valence-electron chi connectivity index (χ3n) is 3.28. The molecule has 0 saturated carbocycles. The SMILES string of the molecule is CCOc1cc(C)c(S(=O)(=O)NCc2ccncc2)cc1C. The van der Waals surface area contributed by atoms with Gasteiger partial charge in [-0.15, -0.1) is 0 Å². The lowest BCUT2D eigenvalue weighted by Crippen LogP contribution is -2.24. The molecule has 0 fully saturated rings. The van der Waals surface area contributed by atoms with Crippen molar-refractivity contribution < 1.29 is 13.2 Å². The second-order valence-corrected chi connectivity index (χ2v) is 6.73. The molecule has 6 heteroatoms. The van der Waals surface area contributed by atoms with Crippen LogP contribution in [0.4, 0.5) is 0 Å². The number of pyridine rings is 1. The van der Waals surface area contributed by atoms with Crippen molar-refractivity contribution in [3.05, 3.63) is 53.3 Å². The van der Waals surface area contributed by atoms with Crippen molar-refractivity contribution in [3.63, 3.8) is 0 Å². The fourth-order valence-corrected chi connectivity index (χ4v) is 3.45. The summed E-state index contributed by atoms with van der Waals surface area (Å²) in [6.45, 7) is 6.29. The average Bonchev–Trinajstić information content (AvgIpc) is 2.50. The molecule has 0 spiro atoms.